The Morgan fingerprint density at radius 3 is 2.79 bits per heavy atom. The Morgan fingerprint density at radius 1 is 1.63 bits per heavy atom. The van der Waals surface area contributed by atoms with Crippen molar-refractivity contribution in [3.63, 3.8) is 0 Å². The number of aromatic nitrogens is 2. The first-order chi connectivity index (χ1) is 8.79. The van der Waals surface area contributed by atoms with E-state index in [4.69, 9.17) is 22.1 Å². The highest BCUT2D eigenvalue weighted by Gasteiger charge is 2.26. The largest absolute Gasteiger partial charge is 0.383 e. The van der Waals surface area contributed by atoms with Gasteiger partial charge in [0, 0.05) is 7.11 Å². The number of ether oxygens (including phenoxy) is 1. The van der Waals surface area contributed by atoms with Gasteiger partial charge < -0.3 is 15.8 Å². The molecule has 0 spiro atoms. The normalized spacial score (nSPS) is 11.4. The summed E-state index contributed by atoms with van der Waals surface area (Å²) in [5, 5.41) is 6.70. The van der Waals surface area contributed by atoms with Crippen molar-refractivity contribution < 1.29 is 9.53 Å². The Morgan fingerprint density at radius 2 is 2.26 bits per heavy atom. The summed E-state index contributed by atoms with van der Waals surface area (Å²) in [6.45, 7) is 3.82. The van der Waals surface area contributed by atoms with Crippen molar-refractivity contribution in [3.8, 4) is 0 Å². The molecular weight excluding hydrogens is 272 g/mol. The van der Waals surface area contributed by atoms with Gasteiger partial charge in [0.1, 0.15) is 10.6 Å². The van der Waals surface area contributed by atoms with Crippen molar-refractivity contribution in [1.82, 2.24) is 9.78 Å². The summed E-state index contributed by atoms with van der Waals surface area (Å²) in [6, 6.07) is 0. The lowest BCUT2D eigenvalue weighted by Crippen LogP contribution is -2.45. The van der Waals surface area contributed by atoms with Crippen molar-refractivity contribution in [1.29, 1.82) is 0 Å². The van der Waals surface area contributed by atoms with Gasteiger partial charge in [-0.1, -0.05) is 11.6 Å². The molecule has 0 fully saturated rings. The van der Waals surface area contributed by atoms with E-state index in [1.165, 1.54) is 18.0 Å². The Hall–Kier alpha value is -1.60. The zero-order chi connectivity index (χ0) is 14.6. The minimum atomic E-state index is -1.03. The van der Waals surface area contributed by atoms with Crippen molar-refractivity contribution in [2.24, 2.45) is 5.73 Å². The highest BCUT2D eigenvalue weighted by atomic mass is 35.5. The van der Waals surface area contributed by atoms with Crippen LogP contribution in [0.3, 0.4) is 0 Å². The van der Waals surface area contributed by atoms with Crippen molar-refractivity contribution in [2.45, 2.75) is 25.9 Å². The lowest BCUT2D eigenvalue weighted by atomic mass is 10.1. The number of amides is 1. The van der Waals surface area contributed by atoms with E-state index in [1.54, 1.807) is 13.8 Å². The molecule has 0 bridgehead atoms. The van der Waals surface area contributed by atoms with Gasteiger partial charge in [-0.15, -0.1) is 0 Å². The molecule has 0 radical (unpaired) electrons. The number of primary amides is 1. The summed E-state index contributed by atoms with van der Waals surface area (Å²) < 4.78 is 6.05. The van der Waals surface area contributed by atoms with Crippen LogP contribution < -0.4 is 16.6 Å². The molecular formula is C11H17ClN4O3. The van der Waals surface area contributed by atoms with Crippen molar-refractivity contribution in [2.75, 3.05) is 19.0 Å². The molecule has 8 heteroatoms. The van der Waals surface area contributed by atoms with Gasteiger partial charge in [-0.25, -0.2) is 4.68 Å². The molecule has 1 rings (SSSR count). The second kappa shape index (κ2) is 6.03. The average Bonchev–Trinajstić information content (AvgIpc) is 2.34. The zero-order valence-corrected chi connectivity index (χ0v) is 11.8. The summed E-state index contributed by atoms with van der Waals surface area (Å²) in [5.74, 6) is -0.563. The SMILES string of the molecule is COCCn1ncc(NC(C)(C)C(N)=O)c(Cl)c1=O. The van der Waals surface area contributed by atoms with Crippen LogP contribution in [0.1, 0.15) is 13.8 Å². The number of nitrogens with one attached hydrogen (secondary N) is 1. The predicted molar refractivity (Wildman–Crippen MR) is 72.3 cm³/mol. The van der Waals surface area contributed by atoms with E-state index < -0.39 is 17.0 Å². The van der Waals surface area contributed by atoms with E-state index in [0.29, 0.717) is 13.2 Å². The molecule has 0 aliphatic heterocycles. The molecule has 1 amide bonds. The molecule has 0 saturated carbocycles. The summed E-state index contributed by atoms with van der Waals surface area (Å²) >= 11 is 5.96. The third kappa shape index (κ3) is 3.68. The van der Waals surface area contributed by atoms with Crippen LogP contribution in [0.25, 0.3) is 0 Å². The first-order valence-corrected chi connectivity index (χ1v) is 6.00. The highest BCUT2D eigenvalue weighted by molar-refractivity contribution is 6.33. The molecule has 0 aromatic carbocycles. The molecule has 19 heavy (non-hydrogen) atoms. The summed E-state index contributed by atoms with van der Waals surface area (Å²) in [6.07, 6.45) is 1.38. The number of nitrogens with two attached hydrogens (primary N) is 1. The van der Waals surface area contributed by atoms with Gasteiger partial charge in [0.05, 0.1) is 25.0 Å². The molecule has 7 nitrogen and oxygen atoms in total. The summed E-state index contributed by atoms with van der Waals surface area (Å²) in [5.41, 5.74) is 4.02. The summed E-state index contributed by atoms with van der Waals surface area (Å²) in [7, 11) is 1.53. The molecule has 0 unspecified atom stereocenters. The standard InChI is InChI=1S/C11H17ClN4O3/c1-11(2,10(13)18)15-7-6-14-16(4-5-19-3)9(17)8(7)12/h6,15H,4-5H2,1-3H3,(H2,13,18). The maximum Gasteiger partial charge on any atom is 0.287 e. The van der Waals surface area contributed by atoms with E-state index in [2.05, 4.69) is 10.4 Å². The van der Waals surface area contributed by atoms with Gasteiger partial charge in [-0.05, 0) is 13.8 Å². The van der Waals surface area contributed by atoms with Crippen LogP contribution in [0, 0.1) is 0 Å². The average molecular weight is 289 g/mol. The van der Waals surface area contributed by atoms with E-state index >= 15 is 0 Å². The van der Waals surface area contributed by atoms with Crippen LogP contribution >= 0.6 is 11.6 Å². The van der Waals surface area contributed by atoms with Gasteiger partial charge in [0.25, 0.3) is 5.56 Å². The maximum absolute atomic E-state index is 11.9. The fraction of sp³-hybridized carbons (Fsp3) is 0.545. The summed E-state index contributed by atoms with van der Waals surface area (Å²) in [4.78, 5) is 23.1. The molecule has 106 valence electrons. The maximum atomic E-state index is 11.9. The number of nitrogens with zero attached hydrogens (tertiary/aromatic N) is 2. The molecule has 1 aromatic heterocycles. The number of anilines is 1. The van der Waals surface area contributed by atoms with Gasteiger partial charge in [-0.3, -0.25) is 9.59 Å². The number of hydrogen-bond donors (Lipinski definition) is 2. The molecule has 0 saturated heterocycles. The van der Waals surface area contributed by atoms with Gasteiger partial charge in [0.15, 0.2) is 0 Å². The molecule has 0 atom stereocenters. The Kier molecular flexibility index (Phi) is 4.90. The minimum Gasteiger partial charge on any atom is -0.383 e. The Balaban J connectivity index is 3.03. The monoisotopic (exact) mass is 288 g/mol. The highest BCUT2D eigenvalue weighted by Crippen LogP contribution is 2.20. The van der Waals surface area contributed by atoms with E-state index in [9.17, 15) is 9.59 Å². The van der Waals surface area contributed by atoms with Gasteiger partial charge >= 0.3 is 0 Å². The molecule has 1 heterocycles. The zero-order valence-electron chi connectivity index (χ0n) is 11.1. The number of rotatable bonds is 6. The van der Waals surface area contributed by atoms with Crippen LogP contribution in [-0.2, 0) is 16.1 Å². The first-order valence-electron chi connectivity index (χ1n) is 5.62. The lowest BCUT2D eigenvalue weighted by Gasteiger charge is -2.24. The van der Waals surface area contributed by atoms with E-state index in [-0.39, 0.29) is 10.7 Å². The number of carbonyl (C=O) groups excluding carboxylic acids is 1. The van der Waals surface area contributed by atoms with Crippen molar-refractivity contribution in [3.05, 3.63) is 21.6 Å². The smallest absolute Gasteiger partial charge is 0.287 e. The fourth-order valence-electron chi connectivity index (χ4n) is 1.29. The van der Waals surface area contributed by atoms with Crippen LogP contribution in [0.4, 0.5) is 5.69 Å². The van der Waals surface area contributed by atoms with E-state index in [0.717, 1.165) is 0 Å². The second-order valence-electron chi connectivity index (χ2n) is 4.51. The quantitative estimate of drug-likeness (QED) is 0.780. The third-order valence-corrected chi connectivity index (χ3v) is 2.92. The second-order valence-corrected chi connectivity index (χ2v) is 4.89. The number of carbonyl (C=O) groups is 1. The minimum absolute atomic E-state index is 0.0413. The van der Waals surface area contributed by atoms with Crippen LogP contribution in [0.5, 0.6) is 0 Å². The van der Waals surface area contributed by atoms with E-state index in [1.807, 2.05) is 0 Å². The number of halogens is 1. The third-order valence-electron chi connectivity index (χ3n) is 2.56. The van der Waals surface area contributed by atoms with Gasteiger partial charge in [0.2, 0.25) is 5.91 Å². The molecule has 0 aliphatic carbocycles. The molecule has 0 aliphatic rings. The number of hydrogen-bond acceptors (Lipinski definition) is 5. The molecule has 1 aromatic rings. The van der Waals surface area contributed by atoms with Crippen molar-refractivity contribution >= 4 is 23.2 Å². The predicted octanol–water partition coefficient (Wildman–Crippen LogP) is 0.219. The van der Waals surface area contributed by atoms with Crippen LogP contribution in [-0.4, -0.2) is 34.9 Å². The number of methoxy groups -OCH3 is 1. The lowest BCUT2D eigenvalue weighted by molar-refractivity contribution is -0.121. The van der Waals surface area contributed by atoms with Gasteiger partial charge in [-0.2, -0.15) is 5.10 Å². The fourth-order valence-corrected chi connectivity index (χ4v) is 1.48. The Bertz CT molecular complexity index is 527. The topological polar surface area (TPSA) is 99.2 Å². The first kappa shape index (κ1) is 15.5. The van der Waals surface area contributed by atoms with Crippen LogP contribution in [0.15, 0.2) is 11.0 Å². The molecule has 3 N–H and O–H groups in total. The van der Waals surface area contributed by atoms with Crippen LogP contribution in [0.2, 0.25) is 5.02 Å². The Labute approximate surface area is 115 Å².